The van der Waals surface area contributed by atoms with Gasteiger partial charge in [-0.15, -0.1) is 0 Å². The lowest BCUT2D eigenvalue weighted by Crippen LogP contribution is -2.40. The number of hydrogen-bond donors (Lipinski definition) is 1. The molecule has 2 aliphatic rings. The number of piperidine rings is 1. The van der Waals surface area contributed by atoms with Crippen molar-refractivity contribution < 1.29 is 4.74 Å². The number of rotatable bonds is 7. The van der Waals surface area contributed by atoms with Crippen molar-refractivity contribution in [2.45, 2.75) is 31.7 Å². The van der Waals surface area contributed by atoms with Gasteiger partial charge in [-0.3, -0.25) is 4.90 Å². The van der Waals surface area contributed by atoms with Crippen LogP contribution in [0.3, 0.4) is 0 Å². The summed E-state index contributed by atoms with van der Waals surface area (Å²) in [5.74, 6) is 1.82. The third kappa shape index (κ3) is 4.22. The third-order valence-electron chi connectivity index (χ3n) is 4.35. The summed E-state index contributed by atoms with van der Waals surface area (Å²) in [6.45, 7) is 5.52. The quantitative estimate of drug-likeness (QED) is 0.827. The van der Waals surface area contributed by atoms with Crippen molar-refractivity contribution in [3.63, 3.8) is 0 Å². The first-order valence-electron chi connectivity index (χ1n) is 8.04. The molecule has 3 rings (SSSR count). The molecule has 1 aliphatic heterocycles. The van der Waals surface area contributed by atoms with Crippen LogP contribution < -0.4 is 10.1 Å². The van der Waals surface area contributed by atoms with Crippen LogP contribution >= 0.6 is 0 Å². The van der Waals surface area contributed by atoms with Gasteiger partial charge in [0.1, 0.15) is 12.4 Å². The molecule has 1 aliphatic carbocycles. The second-order valence-electron chi connectivity index (χ2n) is 6.10. The molecule has 1 aromatic rings. The topological polar surface area (TPSA) is 24.5 Å². The zero-order valence-corrected chi connectivity index (χ0v) is 12.3. The van der Waals surface area contributed by atoms with E-state index in [0.29, 0.717) is 0 Å². The highest BCUT2D eigenvalue weighted by molar-refractivity contribution is 5.20. The summed E-state index contributed by atoms with van der Waals surface area (Å²) in [7, 11) is 0. The van der Waals surface area contributed by atoms with Gasteiger partial charge >= 0.3 is 0 Å². The lowest BCUT2D eigenvalue weighted by Gasteiger charge is -2.30. The number of para-hydroxylation sites is 1. The molecule has 1 N–H and O–H groups in total. The van der Waals surface area contributed by atoms with E-state index < -0.39 is 0 Å². The largest absolute Gasteiger partial charge is 0.492 e. The van der Waals surface area contributed by atoms with Crippen LogP contribution in [0.25, 0.3) is 0 Å². The van der Waals surface area contributed by atoms with E-state index in [0.717, 1.165) is 30.9 Å². The average Bonchev–Trinajstić information content (AvgIpc) is 3.33. The van der Waals surface area contributed by atoms with E-state index in [-0.39, 0.29) is 0 Å². The van der Waals surface area contributed by atoms with Crippen LogP contribution in [0.15, 0.2) is 30.3 Å². The Kier molecular flexibility index (Phi) is 4.93. The number of nitrogens with zero attached hydrogens (tertiary/aromatic N) is 1. The highest BCUT2D eigenvalue weighted by Crippen LogP contribution is 2.28. The van der Waals surface area contributed by atoms with Crippen molar-refractivity contribution in [2.24, 2.45) is 5.92 Å². The predicted molar refractivity (Wildman–Crippen MR) is 82.1 cm³/mol. The van der Waals surface area contributed by atoms with Crippen molar-refractivity contribution in [1.29, 1.82) is 0 Å². The molecule has 1 heterocycles. The fourth-order valence-electron chi connectivity index (χ4n) is 3.07. The van der Waals surface area contributed by atoms with E-state index in [2.05, 4.69) is 10.2 Å². The van der Waals surface area contributed by atoms with Crippen LogP contribution in [-0.4, -0.2) is 43.7 Å². The maximum Gasteiger partial charge on any atom is 0.119 e. The smallest absolute Gasteiger partial charge is 0.119 e. The summed E-state index contributed by atoms with van der Waals surface area (Å²) in [6.07, 6.45) is 5.48. The molecule has 0 amide bonds. The molecule has 0 aromatic heterocycles. The van der Waals surface area contributed by atoms with Crippen LogP contribution in [-0.2, 0) is 0 Å². The van der Waals surface area contributed by atoms with Crippen molar-refractivity contribution in [1.82, 2.24) is 10.2 Å². The summed E-state index contributed by atoms with van der Waals surface area (Å²) in [6, 6.07) is 11.0. The Morgan fingerprint density at radius 3 is 2.70 bits per heavy atom. The molecule has 1 saturated heterocycles. The van der Waals surface area contributed by atoms with E-state index in [9.17, 15) is 0 Å². The highest BCUT2D eigenvalue weighted by atomic mass is 16.5. The second-order valence-corrected chi connectivity index (χ2v) is 6.10. The van der Waals surface area contributed by atoms with Gasteiger partial charge < -0.3 is 10.1 Å². The van der Waals surface area contributed by atoms with Gasteiger partial charge in [-0.1, -0.05) is 18.2 Å². The van der Waals surface area contributed by atoms with Gasteiger partial charge in [-0.05, 0) is 56.8 Å². The summed E-state index contributed by atoms with van der Waals surface area (Å²) in [4.78, 5) is 2.65. The lowest BCUT2D eigenvalue weighted by molar-refractivity contribution is 0.166. The molecule has 1 aromatic carbocycles. The maximum absolute atomic E-state index is 5.85. The molecule has 110 valence electrons. The molecule has 3 nitrogen and oxygen atoms in total. The Hall–Kier alpha value is -1.06. The zero-order chi connectivity index (χ0) is 13.6. The molecular formula is C17H26N2O. The highest BCUT2D eigenvalue weighted by Gasteiger charge is 2.30. The predicted octanol–water partition coefficient (Wildman–Crippen LogP) is 2.53. The summed E-state index contributed by atoms with van der Waals surface area (Å²) in [5.41, 5.74) is 0. The van der Waals surface area contributed by atoms with Crippen molar-refractivity contribution in [3.05, 3.63) is 30.3 Å². The Morgan fingerprint density at radius 1 is 1.15 bits per heavy atom. The molecule has 0 radical (unpaired) electrons. The molecule has 2 fully saturated rings. The van der Waals surface area contributed by atoms with Crippen LogP contribution in [0.1, 0.15) is 25.7 Å². The number of hydrogen-bond acceptors (Lipinski definition) is 3. The van der Waals surface area contributed by atoms with E-state index in [1.54, 1.807) is 0 Å². The fraction of sp³-hybridized carbons (Fsp3) is 0.647. The molecule has 1 atom stereocenters. The SMILES string of the molecule is c1ccc(OCCN(CC2CCCNC2)C2CC2)cc1. The zero-order valence-electron chi connectivity index (χ0n) is 12.3. The Bertz CT molecular complexity index is 385. The summed E-state index contributed by atoms with van der Waals surface area (Å²) < 4.78 is 5.85. The number of ether oxygens (including phenoxy) is 1. The molecular weight excluding hydrogens is 248 g/mol. The first-order valence-corrected chi connectivity index (χ1v) is 8.04. The van der Waals surface area contributed by atoms with E-state index in [4.69, 9.17) is 4.74 Å². The van der Waals surface area contributed by atoms with Crippen LogP contribution in [0, 0.1) is 5.92 Å². The second kappa shape index (κ2) is 7.09. The lowest BCUT2D eigenvalue weighted by atomic mass is 9.99. The van der Waals surface area contributed by atoms with Gasteiger partial charge in [0.25, 0.3) is 0 Å². The van der Waals surface area contributed by atoms with Gasteiger partial charge in [0, 0.05) is 19.1 Å². The van der Waals surface area contributed by atoms with Gasteiger partial charge in [0.05, 0.1) is 0 Å². The summed E-state index contributed by atoms with van der Waals surface area (Å²) in [5, 5.41) is 3.52. The van der Waals surface area contributed by atoms with Crippen molar-refractivity contribution in [3.8, 4) is 5.75 Å². The minimum Gasteiger partial charge on any atom is -0.492 e. The summed E-state index contributed by atoms with van der Waals surface area (Å²) >= 11 is 0. The standard InChI is InChI=1S/C17H26N2O/c1-2-6-17(7-3-1)20-12-11-19(16-8-9-16)14-15-5-4-10-18-13-15/h1-3,6-7,15-16,18H,4-5,8-14H2. The Morgan fingerprint density at radius 2 is 2.00 bits per heavy atom. The van der Waals surface area contributed by atoms with Gasteiger partial charge in [-0.25, -0.2) is 0 Å². The van der Waals surface area contributed by atoms with Gasteiger partial charge in [-0.2, -0.15) is 0 Å². The number of benzene rings is 1. The maximum atomic E-state index is 5.85. The molecule has 1 unspecified atom stereocenters. The normalized spacial score (nSPS) is 22.9. The third-order valence-corrected chi connectivity index (χ3v) is 4.35. The molecule has 1 saturated carbocycles. The first-order chi connectivity index (χ1) is 9.92. The van der Waals surface area contributed by atoms with Crippen molar-refractivity contribution in [2.75, 3.05) is 32.8 Å². The van der Waals surface area contributed by atoms with E-state index >= 15 is 0 Å². The molecule has 20 heavy (non-hydrogen) atoms. The van der Waals surface area contributed by atoms with Crippen LogP contribution in [0.2, 0.25) is 0 Å². The van der Waals surface area contributed by atoms with E-state index in [1.807, 2.05) is 30.3 Å². The van der Waals surface area contributed by atoms with Crippen molar-refractivity contribution >= 4 is 0 Å². The Labute approximate surface area is 122 Å². The number of nitrogens with one attached hydrogen (secondary N) is 1. The average molecular weight is 274 g/mol. The first kappa shape index (κ1) is 13.9. The van der Waals surface area contributed by atoms with Gasteiger partial charge in [0.15, 0.2) is 0 Å². The van der Waals surface area contributed by atoms with Crippen LogP contribution in [0.4, 0.5) is 0 Å². The molecule has 0 spiro atoms. The van der Waals surface area contributed by atoms with Gasteiger partial charge in [0.2, 0.25) is 0 Å². The Balaban J connectivity index is 1.42. The minimum absolute atomic E-state index is 0.806. The molecule has 3 heteroatoms. The fourth-order valence-corrected chi connectivity index (χ4v) is 3.07. The minimum atomic E-state index is 0.806. The molecule has 0 bridgehead atoms. The van der Waals surface area contributed by atoms with E-state index in [1.165, 1.54) is 45.3 Å². The monoisotopic (exact) mass is 274 g/mol. The van der Waals surface area contributed by atoms with Crippen LogP contribution in [0.5, 0.6) is 5.75 Å².